The maximum atomic E-state index is 11.7. The summed E-state index contributed by atoms with van der Waals surface area (Å²) in [7, 11) is 0. The number of carbonyl (C=O) groups excluding carboxylic acids is 1. The Morgan fingerprint density at radius 1 is 1.25 bits per heavy atom. The molecule has 4 heteroatoms. The maximum Gasteiger partial charge on any atom is 0.407 e. The first-order valence-electron chi connectivity index (χ1n) is 7.34. The van der Waals surface area contributed by atoms with Gasteiger partial charge in [0.1, 0.15) is 6.61 Å². The van der Waals surface area contributed by atoms with Gasteiger partial charge in [-0.2, -0.15) is 0 Å². The van der Waals surface area contributed by atoms with Crippen LogP contribution in [-0.4, -0.2) is 23.8 Å². The number of alkyl carbamates (subject to hydrolysis) is 1. The van der Waals surface area contributed by atoms with Crippen molar-refractivity contribution >= 4 is 6.09 Å². The minimum absolute atomic E-state index is 0.00479. The average molecular weight is 279 g/mol. The fourth-order valence-corrected chi connectivity index (χ4v) is 2.02. The molecule has 0 fully saturated rings. The van der Waals surface area contributed by atoms with Crippen molar-refractivity contribution in [3.05, 3.63) is 35.9 Å². The van der Waals surface area contributed by atoms with Gasteiger partial charge in [-0.3, -0.25) is 0 Å². The van der Waals surface area contributed by atoms with E-state index in [9.17, 15) is 4.79 Å². The van der Waals surface area contributed by atoms with Crippen LogP contribution in [0.3, 0.4) is 0 Å². The number of rotatable bonds is 9. The smallest absolute Gasteiger partial charge is 0.407 e. The Bertz CT molecular complexity index is 367. The largest absolute Gasteiger partial charge is 0.445 e. The molecule has 0 saturated carbocycles. The Hall–Kier alpha value is -1.55. The van der Waals surface area contributed by atoms with Crippen molar-refractivity contribution in [2.75, 3.05) is 6.61 Å². The fraction of sp³-hybridized carbons (Fsp3) is 0.562. The second-order valence-electron chi connectivity index (χ2n) is 4.91. The van der Waals surface area contributed by atoms with Crippen LogP contribution in [0.25, 0.3) is 0 Å². The van der Waals surface area contributed by atoms with Gasteiger partial charge in [0.2, 0.25) is 0 Å². The van der Waals surface area contributed by atoms with Crippen LogP contribution in [0, 0.1) is 0 Å². The molecule has 0 saturated heterocycles. The molecule has 0 aliphatic heterocycles. The molecule has 1 rings (SSSR count). The standard InChI is InChI=1S/C16H25NO3/c1-2-3-5-10-15(11-12-18)17-16(19)20-13-14-8-6-4-7-9-14/h4,6-9,15,18H,2-3,5,10-13H2,1H3,(H,17,19). The van der Waals surface area contributed by atoms with Crippen LogP contribution in [0.1, 0.15) is 44.6 Å². The van der Waals surface area contributed by atoms with Gasteiger partial charge in [-0.25, -0.2) is 4.79 Å². The van der Waals surface area contributed by atoms with E-state index in [0.29, 0.717) is 6.42 Å². The number of hydrogen-bond acceptors (Lipinski definition) is 3. The summed E-state index contributed by atoms with van der Waals surface area (Å²) < 4.78 is 5.18. The van der Waals surface area contributed by atoms with Gasteiger partial charge in [0, 0.05) is 12.6 Å². The van der Waals surface area contributed by atoms with Crippen molar-refractivity contribution in [3.8, 4) is 0 Å². The number of amides is 1. The van der Waals surface area contributed by atoms with E-state index >= 15 is 0 Å². The highest BCUT2D eigenvalue weighted by Crippen LogP contribution is 2.07. The third-order valence-corrected chi connectivity index (χ3v) is 3.17. The molecule has 0 aliphatic carbocycles. The van der Waals surface area contributed by atoms with Crippen LogP contribution in [0.4, 0.5) is 4.79 Å². The average Bonchev–Trinajstić information content (AvgIpc) is 2.47. The molecule has 112 valence electrons. The Balaban J connectivity index is 2.29. The minimum atomic E-state index is -0.413. The lowest BCUT2D eigenvalue weighted by Crippen LogP contribution is -2.35. The Labute approximate surface area is 121 Å². The minimum Gasteiger partial charge on any atom is -0.445 e. The lowest BCUT2D eigenvalue weighted by atomic mass is 10.1. The highest BCUT2D eigenvalue weighted by atomic mass is 16.5. The zero-order chi connectivity index (χ0) is 14.6. The van der Waals surface area contributed by atoms with E-state index in [1.54, 1.807) is 0 Å². The van der Waals surface area contributed by atoms with Crippen molar-refractivity contribution in [1.82, 2.24) is 5.32 Å². The van der Waals surface area contributed by atoms with E-state index in [0.717, 1.165) is 31.2 Å². The Morgan fingerprint density at radius 2 is 2.00 bits per heavy atom. The third-order valence-electron chi connectivity index (χ3n) is 3.17. The fourth-order valence-electron chi connectivity index (χ4n) is 2.02. The highest BCUT2D eigenvalue weighted by molar-refractivity contribution is 5.67. The first-order valence-corrected chi connectivity index (χ1v) is 7.34. The predicted octanol–water partition coefficient (Wildman–Crippen LogP) is 3.24. The SMILES string of the molecule is CCCCCC(CCO)NC(=O)OCc1ccccc1. The topological polar surface area (TPSA) is 58.6 Å². The summed E-state index contributed by atoms with van der Waals surface area (Å²) in [5, 5.41) is 11.8. The van der Waals surface area contributed by atoms with Crippen LogP contribution in [-0.2, 0) is 11.3 Å². The van der Waals surface area contributed by atoms with E-state index in [4.69, 9.17) is 9.84 Å². The molecule has 1 aromatic carbocycles. The first-order chi connectivity index (χ1) is 9.76. The summed E-state index contributed by atoms with van der Waals surface area (Å²) in [5.74, 6) is 0. The zero-order valence-corrected chi connectivity index (χ0v) is 12.2. The monoisotopic (exact) mass is 279 g/mol. The number of carbonyl (C=O) groups is 1. The van der Waals surface area contributed by atoms with E-state index in [1.165, 1.54) is 0 Å². The summed E-state index contributed by atoms with van der Waals surface area (Å²) in [6.45, 7) is 2.49. The van der Waals surface area contributed by atoms with E-state index < -0.39 is 6.09 Å². The molecule has 2 N–H and O–H groups in total. The molecule has 1 atom stereocenters. The second kappa shape index (κ2) is 10.3. The summed E-state index contributed by atoms with van der Waals surface area (Å²) >= 11 is 0. The first kappa shape index (κ1) is 16.5. The Morgan fingerprint density at radius 3 is 2.65 bits per heavy atom. The predicted molar refractivity (Wildman–Crippen MR) is 79.4 cm³/mol. The van der Waals surface area contributed by atoms with Gasteiger partial charge in [0.05, 0.1) is 0 Å². The molecule has 0 spiro atoms. The summed E-state index contributed by atoms with van der Waals surface area (Å²) in [4.78, 5) is 11.7. The molecule has 20 heavy (non-hydrogen) atoms. The highest BCUT2D eigenvalue weighted by Gasteiger charge is 2.12. The van der Waals surface area contributed by atoms with Crippen LogP contribution >= 0.6 is 0 Å². The molecule has 0 bridgehead atoms. The number of ether oxygens (including phenoxy) is 1. The number of nitrogens with one attached hydrogen (secondary N) is 1. The molecular weight excluding hydrogens is 254 g/mol. The molecule has 4 nitrogen and oxygen atoms in total. The molecule has 0 heterocycles. The lowest BCUT2D eigenvalue weighted by molar-refractivity contribution is 0.132. The van der Waals surface area contributed by atoms with Gasteiger partial charge in [-0.15, -0.1) is 0 Å². The van der Waals surface area contributed by atoms with Gasteiger partial charge in [-0.1, -0.05) is 56.5 Å². The normalized spacial score (nSPS) is 11.9. The van der Waals surface area contributed by atoms with E-state index in [2.05, 4.69) is 12.2 Å². The second-order valence-corrected chi connectivity index (χ2v) is 4.91. The van der Waals surface area contributed by atoms with Crippen molar-refractivity contribution in [2.24, 2.45) is 0 Å². The number of hydrogen-bond donors (Lipinski definition) is 2. The van der Waals surface area contributed by atoms with Crippen molar-refractivity contribution in [3.63, 3.8) is 0 Å². The molecule has 0 aliphatic rings. The number of unbranched alkanes of at least 4 members (excludes halogenated alkanes) is 2. The number of benzene rings is 1. The van der Waals surface area contributed by atoms with Crippen LogP contribution in [0.2, 0.25) is 0 Å². The van der Waals surface area contributed by atoms with Gasteiger partial charge >= 0.3 is 6.09 Å². The summed E-state index contributed by atoms with van der Waals surface area (Å²) in [5.41, 5.74) is 0.965. The zero-order valence-electron chi connectivity index (χ0n) is 12.2. The van der Waals surface area contributed by atoms with Gasteiger partial charge < -0.3 is 15.2 Å². The van der Waals surface area contributed by atoms with Crippen LogP contribution in [0.5, 0.6) is 0 Å². The van der Waals surface area contributed by atoms with Gasteiger partial charge in [-0.05, 0) is 18.4 Å². The van der Waals surface area contributed by atoms with E-state index in [1.807, 2.05) is 30.3 Å². The molecule has 0 radical (unpaired) electrons. The summed E-state index contributed by atoms with van der Waals surface area (Å²) in [6, 6.07) is 9.58. The third kappa shape index (κ3) is 7.14. The quantitative estimate of drug-likeness (QED) is 0.682. The van der Waals surface area contributed by atoms with Crippen molar-refractivity contribution < 1.29 is 14.6 Å². The molecule has 1 unspecified atom stereocenters. The van der Waals surface area contributed by atoms with Crippen LogP contribution < -0.4 is 5.32 Å². The maximum absolute atomic E-state index is 11.7. The van der Waals surface area contributed by atoms with Gasteiger partial charge in [0.25, 0.3) is 0 Å². The molecule has 1 aromatic rings. The van der Waals surface area contributed by atoms with E-state index in [-0.39, 0.29) is 19.3 Å². The molecule has 1 amide bonds. The van der Waals surface area contributed by atoms with Crippen LogP contribution in [0.15, 0.2) is 30.3 Å². The molecule has 0 aromatic heterocycles. The van der Waals surface area contributed by atoms with Crippen molar-refractivity contribution in [2.45, 2.75) is 51.7 Å². The van der Waals surface area contributed by atoms with Crippen molar-refractivity contribution in [1.29, 1.82) is 0 Å². The lowest BCUT2D eigenvalue weighted by Gasteiger charge is -2.17. The van der Waals surface area contributed by atoms with Gasteiger partial charge in [0.15, 0.2) is 0 Å². The summed E-state index contributed by atoms with van der Waals surface area (Å²) in [6.07, 6.45) is 4.38. The number of aliphatic hydroxyl groups excluding tert-OH is 1. The number of aliphatic hydroxyl groups is 1. The molecular formula is C16H25NO3. The Kier molecular flexibility index (Phi) is 8.47.